The van der Waals surface area contributed by atoms with Crippen LogP contribution in [0.15, 0.2) is 77.8 Å². The maximum atomic E-state index is 12.8. The summed E-state index contributed by atoms with van der Waals surface area (Å²) in [7, 11) is 0. The van der Waals surface area contributed by atoms with Crippen LogP contribution in [0.4, 0.5) is 5.69 Å². The molecule has 0 radical (unpaired) electrons. The van der Waals surface area contributed by atoms with E-state index in [2.05, 4.69) is 25.8 Å². The minimum absolute atomic E-state index is 0.0735. The highest BCUT2D eigenvalue weighted by Crippen LogP contribution is 2.30. The fourth-order valence-electron chi connectivity index (χ4n) is 4.29. The minimum Gasteiger partial charge on any atom is -0.457 e. The Bertz CT molecular complexity index is 1310. The molecular formula is C29H30Cl2N6O2. The number of nitrogens with one attached hydrogen (secondary N) is 3. The molecule has 3 aromatic carbocycles. The number of likely N-dealkylation sites (tertiary alicyclic amines) is 1. The summed E-state index contributed by atoms with van der Waals surface area (Å²) in [5.74, 6) is 1.31. The molecule has 1 aliphatic rings. The average molecular weight is 566 g/mol. The number of benzene rings is 3. The molecule has 3 N–H and O–H groups in total. The maximum absolute atomic E-state index is 12.8. The second-order valence-corrected chi connectivity index (χ2v) is 9.91. The molecule has 0 aromatic heterocycles. The molecule has 8 nitrogen and oxygen atoms in total. The monoisotopic (exact) mass is 564 g/mol. The molecule has 0 saturated carbocycles. The van der Waals surface area contributed by atoms with E-state index in [-0.39, 0.29) is 18.3 Å². The van der Waals surface area contributed by atoms with Gasteiger partial charge in [0, 0.05) is 24.8 Å². The van der Waals surface area contributed by atoms with Crippen molar-refractivity contribution in [2.24, 2.45) is 4.99 Å². The van der Waals surface area contributed by atoms with E-state index in [1.165, 1.54) is 12.8 Å². The van der Waals surface area contributed by atoms with Gasteiger partial charge < -0.3 is 25.6 Å². The summed E-state index contributed by atoms with van der Waals surface area (Å²) in [4.78, 5) is 19.1. The molecule has 1 aliphatic heterocycles. The third-order valence-corrected chi connectivity index (χ3v) is 7.00. The third kappa shape index (κ3) is 8.89. The van der Waals surface area contributed by atoms with E-state index in [0.717, 1.165) is 25.2 Å². The van der Waals surface area contributed by atoms with Gasteiger partial charge in [-0.3, -0.25) is 4.79 Å². The molecule has 3 aromatic rings. The number of halogens is 2. The van der Waals surface area contributed by atoms with Crippen molar-refractivity contribution in [1.82, 2.24) is 15.5 Å². The first-order valence-corrected chi connectivity index (χ1v) is 13.5. The Kier molecular flexibility index (Phi) is 10.4. The Morgan fingerprint density at radius 3 is 2.41 bits per heavy atom. The van der Waals surface area contributed by atoms with Crippen molar-refractivity contribution in [3.8, 4) is 17.7 Å². The number of rotatable bonds is 10. The number of carbonyl (C=O) groups is 1. The van der Waals surface area contributed by atoms with E-state index in [0.29, 0.717) is 33.8 Å². The molecule has 1 fully saturated rings. The van der Waals surface area contributed by atoms with E-state index in [1.54, 1.807) is 42.5 Å². The lowest BCUT2D eigenvalue weighted by Gasteiger charge is -2.22. The van der Waals surface area contributed by atoms with Crippen molar-refractivity contribution in [3.05, 3.63) is 88.4 Å². The first-order valence-electron chi connectivity index (χ1n) is 12.8. The molecule has 202 valence electrons. The zero-order valence-electron chi connectivity index (χ0n) is 21.4. The Labute approximate surface area is 238 Å². The van der Waals surface area contributed by atoms with Crippen LogP contribution in [0.1, 0.15) is 30.9 Å². The summed E-state index contributed by atoms with van der Waals surface area (Å²) in [6.07, 6.45) is 4.45. The Morgan fingerprint density at radius 1 is 1.00 bits per heavy atom. The van der Waals surface area contributed by atoms with Crippen molar-refractivity contribution >= 4 is 40.8 Å². The number of hydrogen-bond donors (Lipinski definition) is 3. The predicted molar refractivity (Wildman–Crippen MR) is 155 cm³/mol. The van der Waals surface area contributed by atoms with Crippen LogP contribution in [0, 0.1) is 11.5 Å². The van der Waals surface area contributed by atoms with Gasteiger partial charge in [0.15, 0.2) is 0 Å². The first-order chi connectivity index (χ1) is 19.0. The van der Waals surface area contributed by atoms with Gasteiger partial charge >= 0.3 is 0 Å². The summed E-state index contributed by atoms with van der Waals surface area (Å²) in [5, 5.41) is 19.5. The molecule has 1 saturated heterocycles. The van der Waals surface area contributed by atoms with E-state index in [4.69, 9.17) is 27.9 Å². The number of guanidine groups is 1. The van der Waals surface area contributed by atoms with Gasteiger partial charge in [-0.1, -0.05) is 53.5 Å². The van der Waals surface area contributed by atoms with Crippen LogP contribution < -0.4 is 20.7 Å². The van der Waals surface area contributed by atoms with Crippen molar-refractivity contribution < 1.29 is 9.53 Å². The van der Waals surface area contributed by atoms with Gasteiger partial charge in [-0.25, -0.2) is 0 Å². The Morgan fingerprint density at radius 2 is 1.72 bits per heavy atom. The quantitative estimate of drug-likeness (QED) is 0.159. The van der Waals surface area contributed by atoms with E-state index >= 15 is 0 Å². The molecule has 1 atom stereocenters. The molecule has 4 rings (SSSR count). The molecule has 39 heavy (non-hydrogen) atoms. The van der Waals surface area contributed by atoms with E-state index < -0.39 is 6.04 Å². The maximum Gasteiger partial charge on any atom is 0.222 e. The van der Waals surface area contributed by atoms with Gasteiger partial charge in [-0.05, 0) is 67.9 Å². The smallest absolute Gasteiger partial charge is 0.222 e. The van der Waals surface area contributed by atoms with Crippen LogP contribution in [0.5, 0.6) is 11.5 Å². The number of aliphatic imine (C=N–C) groups is 1. The number of carbonyl (C=O) groups excluding carboxylic acids is 1. The standard InChI is InChI=1S/C29H30Cl2N6O2/c30-25-13-12-24(18-26(25)31)39-23-10-8-22(9-11-23)35-29(34-20-32)36-27(21-6-2-1-3-7-21)19-28(38)33-14-17-37-15-4-5-16-37/h1-3,6-13,18,27H,4-5,14-17,19H2,(H,33,38)(H2,34,35,36). The topological polar surface area (TPSA) is 102 Å². The Balaban J connectivity index is 1.38. The summed E-state index contributed by atoms with van der Waals surface area (Å²) in [6, 6.07) is 21.4. The number of nitrogens with zero attached hydrogens (tertiary/aromatic N) is 3. The fourth-order valence-corrected chi connectivity index (χ4v) is 4.57. The number of amides is 1. The summed E-state index contributed by atoms with van der Waals surface area (Å²) >= 11 is 12.0. The van der Waals surface area contributed by atoms with Crippen molar-refractivity contribution in [2.75, 3.05) is 31.5 Å². The van der Waals surface area contributed by atoms with Crippen molar-refractivity contribution in [1.29, 1.82) is 5.26 Å². The molecule has 1 amide bonds. The van der Waals surface area contributed by atoms with Gasteiger partial charge in [-0.15, -0.1) is 4.99 Å². The summed E-state index contributed by atoms with van der Waals surface area (Å²) < 4.78 is 5.84. The lowest BCUT2D eigenvalue weighted by atomic mass is 10.0. The zero-order chi connectivity index (χ0) is 27.5. The second kappa shape index (κ2) is 14.4. The van der Waals surface area contributed by atoms with Crippen LogP contribution in [-0.2, 0) is 4.79 Å². The van der Waals surface area contributed by atoms with Crippen LogP contribution >= 0.6 is 23.2 Å². The predicted octanol–water partition coefficient (Wildman–Crippen LogP) is 5.97. The lowest BCUT2D eigenvalue weighted by molar-refractivity contribution is -0.121. The Hall–Kier alpha value is -3.77. The molecule has 0 aliphatic carbocycles. The zero-order valence-corrected chi connectivity index (χ0v) is 22.9. The van der Waals surface area contributed by atoms with Gasteiger partial charge in [0.2, 0.25) is 18.1 Å². The highest BCUT2D eigenvalue weighted by Gasteiger charge is 2.19. The normalized spacial score (nSPS) is 14.3. The number of nitriles is 1. The molecule has 10 heteroatoms. The van der Waals surface area contributed by atoms with E-state index in [1.807, 2.05) is 36.5 Å². The average Bonchev–Trinajstić information content (AvgIpc) is 3.46. The van der Waals surface area contributed by atoms with Crippen LogP contribution in [0.2, 0.25) is 10.0 Å². The minimum atomic E-state index is -0.394. The van der Waals surface area contributed by atoms with Gasteiger partial charge in [0.25, 0.3) is 0 Å². The number of anilines is 1. The van der Waals surface area contributed by atoms with Gasteiger partial charge in [-0.2, -0.15) is 5.26 Å². The number of ether oxygens (including phenoxy) is 1. The molecule has 0 bridgehead atoms. The van der Waals surface area contributed by atoms with E-state index in [9.17, 15) is 10.1 Å². The van der Waals surface area contributed by atoms with Crippen molar-refractivity contribution in [2.45, 2.75) is 25.3 Å². The lowest BCUT2D eigenvalue weighted by Crippen LogP contribution is -2.39. The summed E-state index contributed by atoms with van der Waals surface area (Å²) in [6.45, 7) is 3.63. The fraction of sp³-hybridized carbons (Fsp3) is 0.276. The van der Waals surface area contributed by atoms with Gasteiger partial charge in [0.05, 0.1) is 22.5 Å². The van der Waals surface area contributed by atoms with Crippen LogP contribution in [0.3, 0.4) is 0 Å². The molecule has 0 spiro atoms. The van der Waals surface area contributed by atoms with Gasteiger partial charge in [0.1, 0.15) is 11.5 Å². The third-order valence-electron chi connectivity index (χ3n) is 6.26. The SMILES string of the molecule is N#C/N=C(\Nc1ccc(Oc2ccc(Cl)c(Cl)c2)cc1)NC(CC(=O)NCCN1CCCC1)c1ccccc1. The number of hydrogen-bond acceptors (Lipinski definition) is 5. The van der Waals surface area contributed by atoms with Crippen LogP contribution in [-0.4, -0.2) is 42.9 Å². The summed E-state index contributed by atoms with van der Waals surface area (Å²) in [5.41, 5.74) is 1.59. The van der Waals surface area contributed by atoms with Crippen LogP contribution in [0.25, 0.3) is 0 Å². The highest BCUT2D eigenvalue weighted by molar-refractivity contribution is 6.42. The largest absolute Gasteiger partial charge is 0.457 e. The van der Waals surface area contributed by atoms with Crippen molar-refractivity contribution in [3.63, 3.8) is 0 Å². The molecule has 1 unspecified atom stereocenters. The molecular weight excluding hydrogens is 535 g/mol. The molecule has 1 heterocycles. The highest BCUT2D eigenvalue weighted by atomic mass is 35.5. The second-order valence-electron chi connectivity index (χ2n) is 9.10. The first kappa shape index (κ1) is 28.2.